The van der Waals surface area contributed by atoms with Gasteiger partial charge < -0.3 is 9.13 Å². The number of alkyl halides is 12. The smallest absolute Gasteiger partial charge is 0.309 e. The maximum atomic E-state index is 14.4. The van der Waals surface area contributed by atoms with Gasteiger partial charge in [0.15, 0.2) is 17.5 Å². The fourth-order valence-corrected chi connectivity index (χ4v) is 10.2. The molecule has 394 valence electrons. The van der Waals surface area contributed by atoms with Crippen molar-refractivity contribution in [1.82, 2.24) is 24.1 Å². The first kappa shape index (κ1) is 51.0. The highest BCUT2D eigenvalue weighted by atomic mass is 19.4. The molecule has 0 unspecified atom stereocenters. The van der Waals surface area contributed by atoms with Gasteiger partial charge in [0.1, 0.15) is 0 Å². The highest BCUT2D eigenvalue weighted by Crippen LogP contribution is 2.46. The van der Waals surface area contributed by atoms with E-state index in [4.69, 9.17) is 15.0 Å². The summed E-state index contributed by atoms with van der Waals surface area (Å²) in [5, 5.41) is 9.26. The Hall–Kier alpha value is -9.76. The first-order valence-corrected chi connectivity index (χ1v) is 24.2. The van der Waals surface area contributed by atoms with Crippen LogP contribution in [0, 0.1) is 11.3 Å². The van der Waals surface area contributed by atoms with E-state index in [1.165, 1.54) is 41.0 Å². The normalized spacial score (nSPS) is 12.5. The molecule has 12 aromatic rings. The Morgan fingerprint density at radius 3 is 0.975 bits per heavy atom. The van der Waals surface area contributed by atoms with Gasteiger partial charge in [-0.1, -0.05) is 78.9 Å². The highest BCUT2D eigenvalue weighted by molar-refractivity contribution is 6.12. The second-order valence-corrected chi connectivity index (χ2v) is 18.8. The van der Waals surface area contributed by atoms with Crippen molar-refractivity contribution in [3.05, 3.63) is 222 Å². The minimum Gasteiger partial charge on any atom is -0.309 e. The molecular formula is C62H32F12N6. The van der Waals surface area contributed by atoms with E-state index < -0.39 is 47.0 Å². The summed E-state index contributed by atoms with van der Waals surface area (Å²) < 4.78 is 176. The maximum absolute atomic E-state index is 14.4. The summed E-state index contributed by atoms with van der Waals surface area (Å²) in [7, 11) is 0. The molecule has 0 atom stereocenters. The van der Waals surface area contributed by atoms with E-state index in [0.29, 0.717) is 50.6 Å². The summed E-state index contributed by atoms with van der Waals surface area (Å²) in [4.78, 5) is 14.6. The molecule has 80 heavy (non-hydrogen) atoms. The number of hydrogen-bond acceptors (Lipinski definition) is 4. The molecular weight excluding hydrogens is 1060 g/mol. The molecule has 18 heteroatoms. The molecule has 0 aliphatic rings. The first-order chi connectivity index (χ1) is 38.1. The van der Waals surface area contributed by atoms with Crippen molar-refractivity contribution in [2.24, 2.45) is 0 Å². The minimum atomic E-state index is -4.87. The number of benzene rings is 9. The van der Waals surface area contributed by atoms with Crippen molar-refractivity contribution in [3.8, 4) is 73.9 Å². The van der Waals surface area contributed by atoms with Crippen LogP contribution >= 0.6 is 0 Å². The molecule has 0 radical (unpaired) electrons. The number of nitriles is 1. The lowest BCUT2D eigenvalue weighted by molar-refractivity contribution is -0.138. The average molecular weight is 1090 g/mol. The van der Waals surface area contributed by atoms with Gasteiger partial charge in [0.2, 0.25) is 0 Å². The lowest BCUT2D eigenvalue weighted by atomic mass is 9.94. The van der Waals surface area contributed by atoms with Crippen LogP contribution in [0.5, 0.6) is 0 Å². The molecule has 0 saturated heterocycles. The van der Waals surface area contributed by atoms with E-state index >= 15 is 0 Å². The molecule has 0 aliphatic heterocycles. The summed E-state index contributed by atoms with van der Waals surface area (Å²) in [6.07, 6.45) is -19.5. The predicted molar refractivity (Wildman–Crippen MR) is 280 cm³/mol. The van der Waals surface area contributed by atoms with Crippen LogP contribution in [-0.4, -0.2) is 24.1 Å². The SMILES string of the molecule is N#Cc1ccc(-c2cc(-c3cc(-c4nc(-c5ccccc5)nc(-c5ccccc5)n4)ccc3-n3c4ccc(C(F)(F)F)cc4c4cc(C(F)(F)F)ccc43)ccc2-n2c3ccc(C(F)(F)F)cc3c3cc(C(F)(F)F)ccc32)cc1. The van der Waals surface area contributed by atoms with Gasteiger partial charge in [-0.2, -0.15) is 57.9 Å². The van der Waals surface area contributed by atoms with Crippen molar-refractivity contribution in [3.63, 3.8) is 0 Å². The van der Waals surface area contributed by atoms with Gasteiger partial charge in [-0.05, 0) is 126 Å². The van der Waals surface area contributed by atoms with Crippen LogP contribution in [0.3, 0.4) is 0 Å². The van der Waals surface area contributed by atoms with E-state index in [2.05, 4.69) is 6.07 Å². The number of hydrogen-bond donors (Lipinski definition) is 0. The fourth-order valence-electron chi connectivity index (χ4n) is 10.2. The Kier molecular flexibility index (Phi) is 11.9. The number of rotatable bonds is 7. The standard InChI is InChI=1S/C62H32F12N6/c63-59(64,65)40-17-23-52-46(29-40)47-30-41(60(66,67)68)18-24-53(47)79(52)50-21-15-38(27-44(50)35-13-11-34(33-75)12-14-35)45-28-39(58-77-56(36-7-3-1-4-8-36)76-57(78-58)37-9-5-2-6-10-37)16-22-51(45)80-54-25-19-42(61(69,70)71)31-48(54)49-32-43(62(72,73)74)20-26-55(49)80/h1-32H. The molecule has 0 saturated carbocycles. The van der Waals surface area contributed by atoms with Crippen LogP contribution < -0.4 is 0 Å². The lowest BCUT2D eigenvalue weighted by Crippen LogP contribution is -2.05. The van der Waals surface area contributed by atoms with E-state index in [9.17, 15) is 57.9 Å². The van der Waals surface area contributed by atoms with Gasteiger partial charge in [-0.15, -0.1) is 0 Å². The third kappa shape index (κ3) is 9.09. The number of fused-ring (bicyclic) bond motifs is 6. The summed E-state index contributed by atoms with van der Waals surface area (Å²) >= 11 is 0. The molecule has 3 aromatic heterocycles. The van der Waals surface area contributed by atoms with Crippen molar-refractivity contribution < 1.29 is 52.7 Å². The van der Waals surface area contributed by atoms with Crippen LogP contribution in [0.4, 0.5) is 52.7 Å². The highest BCUT2D eigenvalue weighted by Gasteiger charge is 2.36. The molecule has 0 bridgehead atoms. The molecule has 0 amide bonds. The fraction of sp³-hybridized carbons (Fsp3) is 0.0645. The van der Waals surface area contributed by atoms with Gasteiger partial charge in [0.05, 0.1) is 67.3 Å². The molecule has 6 nitrogen and oxygen atoms in total. The zero-order valence-electron chi connectivity index (χ0n) is 40.7. The van der Waals surface area contributed by atoms with Gasteiger partial charge in [0.25, 0.3) is 0 Å². The van der Waals surface area contributed by atoms with E-state index in [1.54, 1.807) is 53.1 Å². The molecule has 9 aromatic carbocycles. The number of nitrogens with zero attached hydrogens (tertiary/aromatic N) is 6. The molecule has 0 fully saturated rings. The Balaban J connectivity index is 1.17. The summed E-state index contributed by atoms with van der Waals surface area (Å²) in [5.41, 5.74) is -0.0955. The Morgan fingerprint density at radius 2 is 0.625 bits per heavy atom. The van der Waals surface area contributed by atoms with Crippen LogP contribution in [-0.2, 0) is 24.7 Å². The predicted octanol–water partition coefficient (Wildman–Crippen LogP) is 18.3. The third-order valence-electron chi connectivity index (χ3n) is 13.9. The zero-order valence-corrected chi connectivity index (χ0v) is 40.7. The van der Waals surface area contributed by atoms with Crippen LogP contribution in [0.15, 0.2) is 194 Å². The summed E-state index contributed by atoms with van der Waals surface area (Å²) in [5.74, 6) is 0.765. The summed E-state index contributed by atoms with van der Waals surface area (Å²) in [6.45, 7) is 0. The Bertz CT molecular complexity index is 4270. The number of aromatic nitrogens is 5. The molecule has 12 rings (SSSR count). The third-order valence-corrected chi connectivity index (χ3v) is 13.9. The Morgan fingerprint density at radius 1 is 0.312 bits per heavy atom. The first-order valence-electron chi connectivity index (χ1n) is 24.2. The summed E-state index contributed by atoms with van der Waals surface area (Å²) in [6, 6.07) is 47.5. The number of halogens is 12. The second-order valence-electron chi connectivity index (χ2n) is 18.8. The van der Waals surface area contributed by atoms with Crippen LogP contribution in [0.2, 0.25) is 0 Å². The topological polar surface area (TPSA) is 72.3 Å². The van der Waals surface area contributed by atoms with E-state index in [-0.39, 0.29) is 66.4 Å². The molecule has 0 spiro atoms. The van der Waals surface area contributed by atoms with Gasteiger partial charge >= 0.3 is 24.7 Å². The quantitative estimate of drug-likeness (QED) is 0.149. The van der Waals surface area contributed by atoms with E-state index in [0.717, 1.165) is 48.5 Å². The Labute approximate surface area is 444 Å². The molecule has 3 heterocycles. The van der Waals surface area contributed by atoms with Crippen molar-refractivity contribution in [2.45, 2.75) is 24.7 Å². The monoisotopic (exact) mass is 1090 g/mol. The molecule has 0 aliphatic carbocycles. The average Bonchev–Trinajstić information content (AvgIpc) is 3.27. The zero-order chi connectivity index (χ0) is 56.0. The largest absolute Gasteiger partial charge is 0.416 e. The van der Waals surface area contributed by atoms with E-state index in [1.807, 2.05) is 60.7 Å². The maximum Gasteiger partial charge on any atom is 0.416 e. The van der Waals surface area contributed by atoms with Crippen molar-refractivity contribution in [2.75, 3.05) is 0 Å². The van der Waals surface area contributed by atoms with Gasteiger partial charge in [0, 0.05) is 49.4 Å². The van der Waals surface area contributed by atoms with Crippen molar-refractivity contribution >= 4 is 43.6 Å². The minimum absolute atomic E-state index is 0.102. The van der Waals surface area contributed by atoms with Crippen LogP contribution in [0.25, 0.3) is 111 Å². The van der Waals surface area contributed by atoms with Gasteiger partial charge in [-0.25, -0.2) is 15.0 Å². The second kappa shape index (κ2) is 18.7. The molecule has 0 N–H and O–H groups in total. The van der Waals surface area contributed by atoms with Gasteiger partial charge in [-0.3, -0.25) is 0 Å². The van der Waals surface area contributed by atoms with Crippen LogP contribution in [0.1, 0.15) is 27.8 Å². The van der Waals surface area contributed by atoms with Crippen molar-refractivity contribution in [1.29, 1.82) is 5.26 Å². The lowest BCUT2D eigenvalue weighted by Gasteiger charge is -2.19.